The number of rotatable bonds is 10. The molecule has 0 rings (SSSR count). The number of primary amides is 1. The normalized spacial score (nSPS) is 9.75. The Morgan fingerprint density at radius 1 is 1.12 bits per heavy atom. The molecule has 16 heavy (non-hydrogen) atoms. The summed E-state index contributed by atoms with van der Waals surface area (Å²) >= 11 is 0. The Bertz CT molecular complexity index is 227. The van der Waals surface area contributed by atoms with Crippen LogP contribution >= 0.6 is 0 Å². The minimum absolute atomic E-state index is 0.0584. The summed E-state index contributed by atoms with van der Waals surface area (Å²) in [4.78, 5) is 21.7. The molecule has 2 amide bonds. The van der Waals surface area contributed by atoms with Gasteiger partial charge in [-0.3, -0.25) is 9.59 Å². The lowest BCUT2D eigenvalue weighted by Crippen LogP contribution is -2.24. The van der Waals surface area contributed by atoms with E-state index in [0.29, 0.717) is 19.3 Å². The van der Waals surface area contributed by atoms with Crippen LogP contribution in [0.25, 0.3) is 0 Å². The summed E-state index contributed by atoms with van der Waals surface area (Å²) in [6.07, 6.45) is 7.19. The summed E-state index contributed by atoms with van der Waals surface area (Å²) < 4.78 is 0. The van der Waals surface area contributed by atoms with Crippen LogP contribution in [0, 0.1) is 0 Å². The lowest BCUT2D eigenvalue weighted by atomic mass is 10.2. The van der Waals surface area contributed by atoms with Gasteiger partial charge in [0.1, 0.15) is 0 Å². The van der Waals surface area contributed by atoms with E-state index in [2.05, 4.69) is 11.9 Å². The van der Waals surface area contributed by atoms with Crippen LogP contribution < -0.4 is 11.1 Å². The Balaban J connectivity index is 3.24. The molecule has 0 unspecified atom stereocenters. The van der Waals surface area contributed by atoms with Crippen LogP contribution in [0.5, 0.6) is 0 Å². The highest BCUT2D eigenvalue weighted by Gasteiger charge is 2.01. The van der Waals surface area contributed by atoms with Gasteiger partial charge in [-0.25, -0.2) is 0 Å². The summed E-state index contributed by atoms with van der Waals surface area (Å²) in [6, 6.07) is 0. The van der Waals surface area contributed by atoms with Crippen LogP contribution in [0.2, 0.25) is 0 Å². The van der Waals surface area contributed by atoms with Gasteiger partial charge >= 0.3 is 0 Å². The van der Waals surface area contributed by atoms with Gasteiger partial charge in [-0.1, -0.05) is 6.08 Å². The molecule has 0 fully saturated rings. The molecule has 0 aliphatic carbocycles. The van der Waals surface area contributed by atoms with Crippen molar-refractivity contribution in [2.24, 2.45) is 5.73 Å². The topological polar surface area (TPSA) is 72.2 Å². The average molecular weight is 226 g/mol. The standard InChI is InChI=1S/C12H22N2O2/c1-2-3-4-7-10-14-12(16)9-6-5-8-11(13)15/h2H,1,3-10H2,(H2,13,15)(H,14,16). The third-order valence-electron chi connectivity index (χ3n) is 2.23. The molecule has 0 saturated carbocycles. The number of nitrogens with one attached hydrogen (secondary N) is 1. The molecule has 0 aliphatic rings. The Morgan fingerprint density at radius 2 is 1.81 bits per heavy atom. The van der Waals surface area contributed by atoms with E-state index in [1.165, 1.54) is 0 Å². The number of allylic oxidation sites excluding steroid dienone is 1. The quantitative estimate of drug-likeness (QED) is 0.438. The van der Waals surface area contributed by atoms with Gasteiger partial charge in [-0.05, 0) is 32.1 Å². The van der Waals surface area contributed by atoms with Gasteiger partial charge < -0.3 is 11.1 Å². The monoisotopic (exact) mass is 226 g/mol. The predicted molar refractivity (Wildman–Crippen MR) is 64.7 cm³/mol. The van der Waals surface area contributed by atoms with Crippen molar-refractivity contribution in [1.82, 2.24) is 5.32 Å². The van der Waals surface area contributed by atoms with Crippen molar-refractivity contribution in [3.05, 3.63) is 12.7 Å². The molecule has 0 atom stereocenters. The van der Waals surface area contributed by atoms with E-state index in [-0.39, 0.29) is 11.8 Å². The summed E-state index contributed by atoms with van der Waals surface area (Å²) in [6.45, 7) is 4.36. The maximum Gasteiger partial charge on any atom is 0.219 e. The molecule has 4 heteroatoms. The summed E-state index contributed by atoms with van der Waals surface area (Å²) in [7, 11) is 0. The number of carbonyl (C=O) groups excluding carboxylic acids is 2. The zero-order valence-electron chi connectivity index (χ0n) is 9.84. The highest BCUT2D eigenvalue weighted by Crippen LogP contribution is 1.99. The van der Waals surface area contributed by atoms with Crippen LogP contribution in [-0.4, -0.2) is 18.4 Å². The van der Waals surface area contributed by atoms with Gasteiger partial charge in [-0.15, -0.1) is 6.58 Å². The van der Waals surface area contributed by atoms with Gasteiger partial charge in [0.15, 0.2) is 0 Å². The molecule has 0 aliphatic heterocycles. The Hall–Kier alpha value is -1.32. The molecule has 0 bridgehead atoms. The molecule has 0 saturated heterocycles. The zero-order valence-corrected chi connectivity index (χ0v) is 9.84. The lowest BCUT2D eigenvalue weighted by Gasteiger charge is -2.03. The molecule has 0 heterocycles. The molecular formula is C12H22N2O2. The van der Waals surface area contributed by atoms with Gasteiger partial charge in [0.05, 0.1) is 0 Å². The van der Waals surface area contributed by atoms with Crippen molar-refractivity contribution in [1.29, 1.82) is 0 Å². The van der Waals surface area contributed by atoms with Crippen molar-refractivity contribution in [3.63, 3.8) is 0 Å². The molecular weight excluding hydrogens is 204 g/mol. The average Bonchev–Trinajstić information content (AvgIpc) is 2.24. The van der Waals surface area contributed by atoms with Gasteiger partial charge in [0.25, 0.3) is 0 Å². The van der Waals surface area contributed by atoms with Crippen molar-refractivity contribution in [2.75, 3.05) is 6.54 Å². The Morgan fingerprint density at radius 3 is 2.44 bits per heavy atom. The van der Waals surface area contributed by atoms with E-state index in [1.54, 1.807) is 0 Å². The maximum absolute atomic E-state index is 11.3. The van der Waals surface area contributed by atoms with Crippen LogP contribution in [0.1, 0.15) is 44.9 Å². The largest absolute Gasteiger partial charge is 0.370 e. The smallest absolute Gasteiger partial charge is 0.219 e. The van der Waals surface area contributed by atoms with Crippen LogP contribution in [0.4, 0.5) is 0 Å². The number of hydrogen-bond donors (Lipinski definition) is 2. The zero-order chi connectivity index (χ0) is 12.2. The van der Waals surface area contributed by atoms with Crippen LogP contribution in [0.15, 0.2) is 12.7 Å². The first-order valence-corrected chi connectivity index (χ1v) is 5.82. The van der Waals surface area contributed by atoms with E-state index in [9.17, 15) is 9.59 Å². The van der Waals surface area contributed by atoms with Crippen molar-refractivity contribution in [2.45, 2.75) is 44.9 Å². The third-order valence-corrected chi connectivity index (χ3v) is 2.23. The van der Waals surface area contributed by atoms with Crippen molar-refractivity contribution in [3.8, 4) is 0 Å². The number of hydrogen-bond acceptors (Lipinski definition) is 2. The first-order chi connectivity index (χ1) is 7.66. The molecule has 92 valence electrons. The maximum atomic E-state index is 11.3. The fraction of sp³-hybridized carbons (Fsp3) is 0.667. The highest BCUT2D eigenvalue weighted by atomic mass is 16.1. The second-order valence-electron chi connectivity index (χ2n) is 3.81. The first-order valence-electron chi connectivity index (χ1n) is 5.82. The molecule has 0 aromatic heterocycles. The van der Waals surface area contributed by atoms with E-state index in [4.69, 9.17) is 5.73 Å². The lowest BCUT2D eigenvalue weighted by molar-refractivity contribution is -0.122. The second-order valence-corrected chi connectivity index (χ2v) is 3.81. The Labute approximate surface area is 97.3 Å². The summed E-state index contributed by atoms with van der Waals surface area (Å²) in [5.74, 6) is -0.243. The first kappa shape index (κ1) is 14.7. The van der Waals surface area contributed by atoms with E-state index >= 15 is 0 Å². The molecule has 0 aromatic carbocycles. The second kappa shape index (κ2) is 10.2. The van der Waals surface area contributed by atoms with Crippen LogP contribution in [-0.2, 0) is 9.59 Å². The number of amides is 2. The fourth-order valence-electron chi connectivity index (χ4n) is 1.31. The minimum atomic E-state index is -0.301. The van der Waals surface area contributed by atoms with E-state index in [0.717, 1.165) is 32.2 Å². The highest BCUT2D eigenvalue weighted by molar-refractivity contribution is 5.76. The van der Waals surface area contributed by atoms with Crippen LogP contribution in [0.3, 0.4) is 0 Å². The van der Waals surface area contributed by atoms with Crippen molar-refractivity contribution < 1.29 is 9.59 Å². The van der Waals surface area contributed by atoms with E-state index < -0.39 is 0 Å². The number of unbranched alkanes of at least 4 members (excludes halogenated alkanes) is 3. The minimum Gasteiger partial charge on any atom is -0.370 e. The van der Waals surface area contributed by atoms with Crippen molar-refractivity contribution >= 4 is 11.8 Å². The SMILES string of the molecule is C=CCCCCNC(=O)CCCCC(N)=O. The summed E-state index contributed by atoms with van der Waals surface area (Å²) in [5, 5.41) is 2.84. The van der Waals surface area contributed by atoms with E-state index in [1.807, 2.05) is 6.08 Å². The molecule has 3 N–H and O–H groups in total. The molecule has 0 spiro atoms. The number of nitrogens with two attached hydrogens (primary N) is 1. The van der Waals surface area contributed by atoms with Gasteiger partial charge in [0.2, 0.25) is 11.8 Å². The molecule has 0 radical (unpaired) electrons. The predicted octanol–water partition coefficient (Wildman–Crippen LogP) is 1.50. The van der Waals surface area contributed by atoms with Gasteiger partial charge in [0, 0.05) is 19.4 Å². The fourth-order valence-corrected chi connectivity index (χ4v) is 1.31. The Kier molecular flexibility index (Phi) is 9.36. The summed E-state index contributed by atoms with van der Waals surface area (Å²) in [5.41, 5.74) is 4.99. The number of carbonyl (C=O) groups is 2. The molecule has 4 nitrogen and oxygen atoms in total. The molecule has 0 aromatic rings. The van der Waals surface area contributed by atoms with Gasteiger partial charge in [-0.2, -0.15) is 0 Å². The third kappa shape index (κ3) is 10.8.